The maximum absolute atomic E-state index is 2.53. The van der Waals surface area contributed by atoms with Crippen molar-refractivity contribution in [3.8, 4) is 0 Å². The zero-order valence-corrected chi connectivity index (χ0v) is 30.8. The number of rotatable bonds is 6. The molecule has 11 rings (SSSR count). The van der Waals surface area contributed by atoms with Crippen molar-refractivity contribution in [3.05, 3.63) is 204 Å². The largest absolute Gasteiger partial charge is 0.310 e. The van der Waals surface area contributed by atoms with Crippen LogP contribution in [0.1, 0.15) is 35.1 Å². The van der Waals surface area contributed by atoms with Crippen LogP contribution >= 0.6 is 11.3 Å². The van der Waals surface area contributed by atoms with Crippen molar-refractivity contribution in [1.82, 2.24) is 0 Å². The monoisotopic (exact) mass is 710 g/mol. The van der Waals surface area contributed by atoms with Gasteiger partial charge in [-0.15, -0.1) is 11.3 Å². The molecule has 54 heavy (non-hydrogen) atoms. The number of fused-ring (bicyclic) bond motifs is 8. The van der Waals surface area contributed by atoms with E-state index in [1.165, 1.54) is 87.3 Å². The van der Waals surface area contributed by atoms with Crippen molar-refractivity contribution in [2.45, 2.75) is 31.1 Å². The molecular formula is C51H38N2S. The lowest BCUT2D eigenvalue weighted by atomic mass is 9.76. The summed E-state index contributed by atoms with van der Waals surface area (Å²) >= 11 is 1.89. The molecule has 3 heteroatoms. The van der Waals surface area contributed by atoms with Gasteiger partial charge in [0.15, 0.2) is 0 Å². The molecular weight excluding hydrogens is 673 g/mol. The maximum atomic E-state index is 2.53. The zero-order valence-electron chi connectivity index (χ0n) is 30.0. The molecule has 0 aliphatic heterocycles. The lowest BCUT2D eigenvalue weighted by Crippen LogP contribution is -2.22. The first-order chi connectivity index (χ1) is 26.7. The molecule has 1 spiro atoms. The lowest BCUT2D eigenvalue weighted by Gasteiger charge is -2.31. The molecule has 0 unspecified atom stereocenters. The Morgan fingerprint density at radius 1 is 0.370 bits per heavy atom. The topological polar surface area (TPSA) is 6.48 Å². The van der Waals surface area contributed by atoms with Crippen LogP contribution in [0.3, 0.4) is 0 Å². The van der Waals surface area contributed by atoms with Gasteiger partial charge in [0.25, 0.3) is 0 Å². The van der Waals surface area contributed by atoms with Gasteiger partial charge in [-0.1, -0.05) is 91.0 Å². The van der Waals surface area contributed by atoms with Gasteiger partial charge in [-0.3, -0.25) is 0 Å². The van der Waals surface area contributed by atoms with Crippen LogP contribution in [-0.2, 0) is 18.3 Å². The summed E-state index contributed by atoms with van der Waals surface area (Å²) in [7, 11) is 0. The Kier molecular flexibility index (Phi) is 7.25. The van der Waals surface area contributed by atoms with Crippen molar-refractivity contribution in [1.29, 1.82) is 0 Å². The van der Waals surface area contributed by atoms with Crippen LogP contribution in [0.4, 0.5) is 34.1 Å². The van der Waals surface area contributed by atoms with E-state index in [4.69, 9.17) is 0 Å². The van der Waals surface area contributed by atoms with Crippen LogP contribution < -0.4 is 9.80 Å². The van der Waals surface area contributed by atoms with Crippen molar-refractivity contribution in [2.24, 2.45) is 0 Å². The molecule has 258 valence electrons. The van der Waals surface area contributed by atoms with Gasteiger partial charge < -0.3 is 9.80 Å². The lowest BCUT2D eigenvalue weighted by molar-refractivity contribution is 0.507. The van der Waals surface area contributed by atoms with Crippen LogP contribution in [0.25, 0.3) is 30.9 Å². The SMILES string of the molecule is c1ccc(N(c2ccccc2)c2ccc3c(c2)[C@@]2(CC3)CCc3ccc(N(c4ccccc4)c4ccc5sc6cc7ccccc7cc6c5c4)cc32)cc1. The van der Waals surface area contributed by atoms with Gasteiger partial charge in [0.05, 0.1) is 0 Å². The highest BCUT2D eigenvalue weighted by molar-refractivity contribution is 7.25. The van der Waals surface area contributed by atoms with Crippen LogP contribution in [0.2, 0.25) is 0 Å². The normalized spacial score (nSPS) is 15.9. The quantitative estimate of drug-likeness (QED) is 0.169. The number of aryl methyl sites for hydroxylation is 2. The number of para-hydroxylation sites is 3. The van der Waals surface area contributed by atoms with Crippen LogP contribution in [0, 0.1) is 0 Å². The number of anilines is 6. The van der Waals surface area contributed by atoms with Crippen LogP contribution in [0.5, 0.6) is 0 Å². The van der Waals surface area contributed by atoms with E-state index in [-0.39, 0.29) is 5.41 Å². The summed E-state index contributed by atoms with van der Waals surface area (Å²) in [4.78, 5) is 4.87. The molecule has 0 saturated carbocycles. The number of thiophene rings is 1. The Morgan fingerprint density at radius 2 is 0.815 bits per heavy atom. The number of hydrogen-bond donors (Lipinski definition) is 0. The second-order valence-electron chi connectivity index (χ2n) is 14.9. The predicted octanol–water partition coefficient (Wildman–Crippen LogP) is 14.3. The fourth-order valence-corrected chi connectivity index (χ4v) is 10.6. The third-order valence-corrected chi connectivity index (χ3v) is 13.1. The van der Waals surface area contributed by atoms with Gasteiger partial charge >= 0.3 is 0 Å². The third kappa shape index (κ3) is 4.99. The standard InChI is InChI=1S/C51H38N2S/c1-4-14-39(15-5-1)52(40-16-6-2-7-17-40)43-22-20-35-26-28-51(47(35)33-43)29-27-36-21-23-44(34-48(36)51)53(41-18-8-3-9-19-41)42-24-25-49-46(32-42)45-30-37-12-10-11-13-38(37)31-50(45)54-49/h1-25,30-34H,26-29H2/t51-/m1/s1. The summed E-state index contributed by atoms with van der Waals surface area (Å²) < 4.78 is 2.66. The number of hydrogen-bond acceptors (Lipinski definition) is 3. The molecule has 0 fully saturated rings. The van der Waals surface area contributed by atoms with E-state index in [1.54, 1.807) is 0 Å². The van der Waals surface area contributed by atoms with Crippen LogP contribution in [-0.4, -0.2) is 0 Å². The fourth-order valence-electron chi connectivity index (χ4n) is 9.45. The molecule has 0 radical (unpaired) electrons. The molecule has 8 aromatic carbocycles. The average molecular weight is 711 g/mol. The molecule has 1 atom stereocenters. The van der Waals surface area contributed by atoms with Gasteiger partial charge in [-0.2, -0.15) is 0 Å². The minimum Gasteiger partial charge on any atom is -0.310 e. The zero-order chi connectivity index (χ0) is 35.6. The molecule has 1 aromatic heterocycles. The summed E-state index contributed by atoms with van der Waals surface area (Å²) in [6.07, 6.45) is 4.50. The summed E-state index contributed by atoms with van der Waals surface area (Å²) in [5.74, 6) is 0. The van der Waals surface area contributed by atoms with Crippen LogP contribution in [0.15, 0.2) is 182 Å². The Bertz CT molecular complexity index is 2800. The highest BCUT2D eigenvalue weighted by Gasteiger charge is 2.45. The molecule has 2 nitrogen and oxygen atoms in total. The van der Waals surface area contributed by atoms with E-state index in [9.17, 15) is 0 Å². The number of benzene rings is 8. The first-order valence-corrected chi connectivity index (χ1v) is 19.9. The van der Waals surface area contributed by atoms with Gasteiger partial charge in [0.1, 0.15) is 0 Å². The molecule has 1 heterocycles. The third-order valence-electron chi connectivity index (χ3n) is 12.0. The molecule has 0 bridgehead atoms. The summed E-state index contributed by atoms with van der Waals surface area (Å²) in [5, 5.41) is 5.23. The molecule has 0 amide bonds. The van der Waals surface area contributed by atoms with Gasteiger partial charge in [-0.05, 0) is 150 Å². The molecule has 2 aliphatic carbocycles. The first-order valence-electron chi connectivity index (χ1n) is 19.1. The van der Waals surface area contributed by atoms with Gasteiger partial charge in [0, 0.05) is 59.7 Å². The minimum atomic E-state index is -0.00728. The fraction of sp³-hybridized carbons (Fsp3) is 0.0980. The molecule has 2 aliphatic rings. The highest BCUT2D eigenvalue weighted by atomic mass is 32.1. The van der Waals surface area contributed by atoms with Crippen molar-refractivity contribution in [2.75, 3.05) is 9.80 Å². The van der Waals surface area contributed by atoms with Crippen molar-refractivity contribution < 1.29 is 0 Å². The Labute approximate surface area is 320 Å². The predicted molar refractivity (Wildman–Crippen MR) is 230 cm³/mol. The smallest absolute Gasteiger partial charge is 0.0468 e. The summed E-state index contributed by atoms with van der Waals surface area (Å²) in [6.45, 7) is 0. The first kappa shape index (κ1) is 31.4. The Balaban J connectivity index is 1.05. The van der Waals surface area contributed by atoms with Crippen molar-refractivity contribution in [3.63, 3.8) is 0 Å². The second kappa shape index (κ2) is 12.5. The Morgan fingerprint density at radius 3 is 1.37 bits per heavy atom. The number of nitrogens with zero attached hydrogens (tertiary/aromatic N) is 2. The van der Waals surface area contributed by atoms with Crippen molar-refractivity contribution >= 4 is 76.4 Å². The molecule has 0 saturated heterocycles. The molecule has 9 aromatic rings. The average Bonchev–Trinajstić information content (AvgIpc) is 3.91. The van der Waals surface area contributed by atoms with E-state index in [1.807, 2.05) is 11.3 Å². The van der Waals surface area contributed by atoms with E-state index >= 15 is 0 Å². The summed E-state index contributed by atoms with van der Waals surface area (Å²) in [6, 6.07) is 67.5. The minimum absolute atomic E-state index is 0.00728. The van der Waals surface area contributed by atoms with E-state index in [0.717, 1.165) is 25.7 Å². The summed E-state index contributed by atoms with van der Waals surface area (Å²) in [5.41, 5.74) is 13.1. The van der Waals surface area contributed by atoms with E-state index < -0.39 is 0 Å². The molecule has 0 N–H and O–H groups in total. The van der Waals surface area contributed by atoms with E-state index in [0.29, 0.717) is 0 Å². The second-order valence-corrected chi connectivity index (χ2v) is 16.0. The van der Waals surface area contributed by atoms with Gasteiger partial charge in [-0.25, -0.2) is 0 Å². The van der Waals surface area contributed by atoms with Gasteiger partial charge in [0.2, 0.25) is 0 Å². The maximum Gasteiger partial charge on any atom is 0.0468 e. The Hall–Kier alpha value is -6.16. The van der Waals surface area contributed by atoms with E-state index in [2.05, 4.69) is 192 Å². The highest BCUT2D eigenvalue weighted by Crippen LogP contribution is 2.55.